The van der Waals surface area contributed by atoms with Gasteiger partial charge in [0.15, 0.2) is 11.6 Å². The number of carbonyl (C=O) groups excluding carboxylic acids is 2. The van der Waals surface area contributed by atoms with Crippen molar-refractivity contribution < 1.29 is 28.3 Å². The highest BCUT2D eigenvalue weighted by atomic mass is 19.1. The lowest BCUT2D eigenvalue weighted by Crippen LogP contribution is -2.34. The van der Waals surface area contributed by atoms with Crippen LogP contribution in [0.1, 0.15) is 55.7 Å². The molecule has 1 heterocycles. The first-order chi connectivity index (χ1) is 24.8. The number of fused-ring (bicyclic) bond motifs is 5. The van der Waals surface area contributed by atoms with Gasteiger partial charge in [0, 0.05) is 29.4 Å². The van der Waals surface area contributed by atoms with Crippen molar-refractivity contribution in [2.45, 2.75) is 24.7 Å². The maximum absolute atomic E-state index is 14.4. The summed E-state index contributed by atoms with van der Waals surface area (Å²) in [5, 5.41) is 12.8. The summed E-state index contributed by atoms with van der Waals surface area (Å²) in [4.78, 5) is 46.5. The second-order valence-electron chi connectivity index (χ2n) is 12.3. The first-order valence-electron chi connectivity index (χ1n) is 16.4. The van der Waals surface area contributed by atoms with Gasteiger partial charge in [-0.2, -0.15) is 0 Å². The maximum atomic E-state index is 14.4. The van der Waals surface area contributed by atoms with E-state index < -0.39 is 23.6 Å². The van der Waals surface area contributed by atoms with Crippen LogP contribution in [0.5, 0.6) is 0 Å². The average Bonchev–Trinajstić information content (AvgIpc) is 3.16. The number of hydrogen-bond donors (Lipinski definition) is 1. The van der Waals surface area contributed by atoms with Crippen LogP contribution in [-0.2, 0) is 11.2 Å². The number of aromatic carboxylic acids is 1. The van der Waals surface area contributed by atoms with Crippen LogP contribution >= 0.6 is 0 Å². The van der Waals surface area contributed by atoms with Gasteiger partial charge in [-0.3, -0.25) is 9.59 Å². The van der Waals surface area contributed by atoms with Gasteiger partial charge in [0.25, 0.3) is 0 Å². The molecule has 2 unspecified atom stereocenters. The van der Waals surface area contributed by atoms with Gasteiger partial charge in [-0.05, 0) is 80.9 Å². The topological polar surface area (TPSA) is 97.2 Å². The Morgan fingerprint density at radius 1 is 0.706 bits per heavy atom. The molecule has 6 aromatic carbocycles. The summed E-state index contributed by atoms with van der Waals surface area (Å²) in [5.74, 6) is -3.79. The van der Waals surface area contributed by atoms with Gasteiger partial charge in [0.1, 0.15) is 23.9 Å². The van der Waals surface area contributed by atoms with Crippen molar-refractivity contribution in [3.63, 3.8) is 0 Å². The smallest absolute Gasteiger partial charge is 0.336 e. The molecule has 51 heavy (non-hydrogen) atoms. The molecule has 0 saturated heterocycles. The number of ketones is 2. The number of benzene rings is 6. The van der Waals surface area contributed by atoms with E-state index in [0.717, 1.165) is 21.5 Å². The van der Waals surface area contributed by atoms with Crippen molar-refractivity contribution in [2.24, 2.45) is 0 Å². The number of hydrogen-bond acceptors (Lipinski definition) is 5. The average molecular weight is 677 g/mol. The Bertz CT molecular complexity index is 2430. The minimum Gasteiger partial charge on any atom is -0.478 e. The number of Topliss-reactive ketones (excluding diaryl/α,β-unsaturated/α-hetero) is 2. The van der Waals surface area contributed by atoms with E-state index in [-0.39, 0.29) is 22.9 Å². The molecule has 0 radical (unpaired) electrons. The lowest BCUT2D eigenvalue weighted by Gasteiger charge is -2.31. The van der Waals surface area contributed by atoms with Crippen LogP contribution in [0.3, 0.4) is 0 Å². The predicted molar refractivity (Wildman–Crippen MR) is 192 cm³/mol. The maximum Gasteiger partial charge on any atom is 0.336 e. The van der Waals surface area contributed by atoms with Gasteiger partial charge in [-0.15, -0.1) is 0 Å². The van der Waals surface area contributed by atoms with Crippen molar-refractivity contribution in [1.82, 2.24) is 9.97 Å². The number of aryl methyl sites for hydroxylation is 1. The Morgan fingerprint density at radius 3 is 2.16 bits per heavy atom. The second-order valence-corrected chi connectivity index (χ2v) is 12.3. The summed E-state index contributed by atoms with van der Waals surface area (Å²) < 4.78 is 28.0. The summed E-state index contributed by atoms with van der Waals surface area (Å²) in [7, 11) is 0. The molecule has 1 N–H and O–H groups in total. The third-order valence-corrected chi connectivity index (χ3v) is 9.36. The van der Waals surface area contributed by atoms with Crippen LogP contribution in [0.15, 0.2) is 140 Å². The summed E-state index contributed by atoms with van der Waals surface area (Å²) in [6.45, 7) is 0. The van der Waals surface area contributed by atoms with Crippen LogP contribution in [0, 0.1) is 11.6 Å². The normalized spacial score (nSPS) is 15.3. The third kappa shape index (κ3) is 6.51. The summed E-state index contributed by atoms with van der Waals surface area (Å²) >= 11 is 0. The minimum absolute atomic E-state index is 0.226. The van der Waals surface area contributed by atoms with Crippen LogP contribution in [0.2, 0.25) is 0 Å². The molecule has 1 aliphatic rings. The molecule has 0 aliphatic heterocycles. The molecule has 250 valence electrons. The fourth-order valence-electron chi connectivity index (χ4n) is 6.93. The number of nitrogens with zero attached hydrogens (tertiary/aromatic N) is 2. The Balaban J connectivity index is 0.000000226. The van der Waals surface area contributed by atoms with Crippen molar-refractivity contribution in [3.05, 3.63) is 180 Å². The summed E-state index contributed by atoms with van der Waals surface area (Å²) in [6.07, 6.45) is 5.33. The minimum atomic E-state index is -1.03. The van der Waals surface area contributed by atoms with Crippen LogP contribution < -0.4 is 0 Å². The van der Waals surface area contributed by atoms with E-state index in [0.29, 0.717) is 46.2 Å². The van der Waals surface area contributed by atoms with Crippen molar-refractivity contribution in [3.8, 4) is 11.1 Å². The van der Waals surface area contributed by atoms with E-state index in [1.807, 2.05) is 48.5 Å². The lowest BCUT2D eigenvalue weighted by atomic mass is 9.69. The van der Waals surface area contributed by atoms with Gasteiger partial charge in [-0.1, -0.05) is 97.1 Å². The Morgan fingerprint density at radius 2 is 1.39 bits per heavy atom. The van der Waals surface area contributed by atoms with Crippen LogP contribution in [0.4, 0.5) is 8.78 Å². The number of carbonyl (C=O) groups is 3. The number of rotatable bonds is 6. The molecular weight excluding hydrogens is 646 g/mol. The molecule has 8 rings (SSSR count). The second kappa shape index (κ2) is 14.2. The highest BCUT2D eigenvalue weighted by molar-refractivity contribution is 6.26. The molecule has 2 atom stereocenters. The summed E-state index contributed by atoms with van der Waals surface area (Å²) in [6, 6.07) is 34.7. The number of carboxylic acid groups (broad SMARTS) is 1. The predicted octanol–water partition coefficient (Wildman–Crippen LogP) is 9.38. The molecule has 0 fully saturated rings. The first-order valence-corrected chi connectivity index (χ1v) is 16.4. The van der Waals surface area contributed by atoms with Gasteiger partial charge in [0.05, 0.1) is 5.56 Å². The summed E-state index contributed by atoms with van der Waals surface area (Å²) in [5.41, 5.74) is 3.82. The zero-order valence-electron chi connectivity index (χ0n) is 27.2. The van der Waals surface area contributed by atoms with E-state index in [2.05, 4.69) is 9.97 Å². The molecule has 0 amide bonds. The standard InChI is InChI=1S/C32H22F2O2.C11H8N2O2/c33-22-13-9-21(10-14-22)29-31(35)27(16-12-20-6-2-4-8-28(20)34)26-18-17-24-23-7-3-1-5-19(23)11-15-25(24)30(26)32(29)36;14-11(15)10-4-2-1-3-9(10)8-5-12-7-13-6-8/h1-11,13-15,17-18,27,29H,12,16H2;1-7H,(H,14,15). The zero-order valence-corrected chi connectivity index (χ0v) is 27.2. The SMILES string of the molecule is O=C(O)c1ccccc1-c1cncnc1.O=C1c2c(ccc3c2ccc2ccccc23)C(CCc2ccccc2F)C(=O)C1c1ccc(F)cc1. The van der Waals surface area contributed by atoms with E-state index in [1.54, 1.807) is 54.9 Å². The van der Waals surface area contributed by atoms with Crippen molar-refractivity contribution in [2.75, 3.05) is 0 Å². The third-order valence-electron chi connectivity index (χ3n) is 9.36. The fourth-order valence-corrected chi connectivity index (χ4v) is 6.93. The molecule has 0 saturated carbocycles. The van der Waals surface area contributed by atoms with E-state index in [1.165, 1.54) is 36.7 Å². The molecular formula is C43H30F2N2O4. The molecule has 7 aromatic rings. The van der Waals surface area contributed by atoms with E-state index >= 15 is 0 Å². The van der Waals surface area contributed by atoms with Gasteiger partial charge in [-0.25, -0.2) is 23.5 Å². The Kier molecular flexibility index (Phi) is 9.22. The molecule has 1 aliphatic carbocycles. The zero-order chi connectivity index (χ0) is 35.5. The Labute approximate surface area is 292 Å². The molecule has 8 heteroatoms. The van der Waals surface area contributed by atoms with Crippen LogP contribution in [0.25, 0.3) is 32.7 Å². The fraction of sp³-hybridized carbons (Fsp3) is 0.0930. The quantitative estimate of drug-likeness (QED) is 0.139. The molecule has 1 aromatic heterocycles. The van der Waals surface area contributed by atoms with Gasteiger partial charge < -0.3 is 5.11 Å². The van der Waals surface area contributed by atoms with Gasteiger partial charge >= 0.3 is 5.97 Å². The lowest BCUT2D eigenvalue weighted by molar-refractivity contribution is -0.121. The van der Waals surface area contributed by atoms with Crippen molar-refractivity contribution in [1.29, 1.82) is 0 Å². The number of aromatic nitrogens is 2. The molecule has 0 spiro atoms. The van der Waals surface area contributed by atoms with Gasteiger partial charge in [0.2, 0.25) is 0 Å². The highest BCUT2D eigenvalue weighted by Gasteiger charge is 2.42. The monoisotopic (exact) mass is 676 g/mol. The highest BCUT2D eigenvalue weighted by Crippen LogP contribution is 2.43. The largest absolute Gasteiger partial charge is 0.478 e. The van der Waals surface area contributed by atoms with E-state index in [9.17, 15) is 23.2 Å². The molecule has 0 bridgehead atoms. The first kappa shape index (κ1) is 33.1. The number of halogens is 2. The van der Waals surface area contributed by atoms with Crippen LogP contribution in [-0.4, -0.2) is 32.6 Å². The molecule has 6 nitrogen and oxygen atoms in total. The van der Waals surface area contributed by atoms with Crippen molar-refractivity contribution >= 4 is 39.1 Å². The number of carboxylic acids is 1. The Hall–Kier alpha value is -6.41. The van der Waals surface area contributed by atoms with E-state index in [4.69, 9.17) is 5.11 Å².